The van der Waals surface area contributed by atoms with Crippen molar-refractivity contribution in [1.29, 1.82) is 0 Å². The lowest BCUT2D eigenvalue weighted by molar-refractivity contribution is -0.140. The second-order valence-corrected chi connectivity index (χ2v) is 8.39. The van der Waals surface area contributed by atoms with Crippen LogP contribution in [0.25, 0.3) is 22.4 Å². The number of thiazole rings is 1. The molecule has 4 aromatic rings. The first-order valence-corrected chi connectivity index (χ1v) is 11.3. The molecule has 0 aliphatic rings. The summed E-state index contributed by atoms with van der Waals surface area (Å²) in [5.74, 6) is -0.177. The van der Waals surface area contributed by atoms with Crippen LogP contribution in [0.15, 0.2) is 40.3 Å². The molecule has 3 heterocycles. The third-order valence-corrected chi connectivity index (χ3v) is 5.76. The number of hydrogen-bond acceptors (Lipinski definition) is 9. The highest BCUT2D eigenvalue weighted by atomic mass is 32.1. The topological polar surface area (TPSA) is 128 Å². The zero-order valence-electron chi connectivity index (χ0n) is 18.6. The first-order chi connectivity index (χ1) is 16.7. The molecule has 0 saturated carbocycles. The van der Waals surface area contributed by atoms with Gasteiger partial charge in [-0.05, 0) is 31.2 Å². The van der Waals surface area contributed by atoms with Gasteiger partial charge >= 0.3 is 6.18 Å². The van der Waals surface area contributed by atoms with Crippen molar-refractivity contribution < 1.29 is 27.1 Å². The predicted molar refractivity (Wildman–Crippen MR) is 124 cm³/mol. The van der Waals surface area contributed by atoms with E-state index in [2.05, 4.69) is 25.6 Å². The maximum absolute atomic E-state index is 13.2. The number of benzene rings is 1. The molecule has 0 aliphatic heterocycles. The standard InChI is InChI=1S/C22H21F3N6O3S/c1-11(10-28-21-27-7-8-35-21)29-19(32)18-15(9-26)34-20(31-18)13-3-5-14(33-2)17-12(13)4-6-16(30-17)22(23,24)25/h3-8,11H,9-10,26H2,1-2H3,(H,27,28)(H,29,32)/t11-/m0/s1. The van der Waals surface area contributed by atoms with Crippen LogP contribution in [-0.2, 0) is 12.7 Å². The van der Waals surface area contributed by atoms with E-state index in [1.54, 1.807) is 12.3 Å². The predicted octanol–water partition coefficient (Wildman–Crippen LogP) is 4.06. The third-order valence-electron chi connectivity index (χ3n) is 5.03. The average molecular weight is 507 g/mol. The number of hydrogen-bond donors (Lipinski definition) is 3. The van der Waals surface area contributed by atoms with Crippen molar-refractivity contribution in [2.24, 2.45) is 5.73 Å². The van der Waals surface area contributed by atoms with Crippen LogP contribution in [0.1, 0.15) is 28.9 Å². The van der Waals surface area contributed by atoms with Crippen LogP contribution in [0.3, 0.4) is 0 Å². The van der Waals surface area contributed by atoms with Crippen molar-refractivity contribution in [3.8, 4) is 17.2 Å². The van der Waals surface area contributed by atoms with E-state index in [9.17, 15) is 18.0 Å². The summed E-state index contributed by atoms with van der Waals surface area (Å²) in [6.45, 7) is 2.13. The molecule has 0 bridgehead atoms. The Kier molecular flexibility index (Phi) is 6.89. The minimum atomic E-state index is -4.62. The minimum absolute atomic E-state index is 0.00700. The molecule has 184 valence electrons. The van der Waals surface area contributed by atoms with Gasteiger partial charge in [0, 0.05) is 35.1 Å². The lowest BCUT2D eigenvalue weighted by Crippen LogP contribution is -2.38. The number of anilines is 1. The highest BCUT2D eigenvalue weighted by Crippen LogP contribution is 2.36. The monoisotopic (exact) mass is 506 g/mol. The number of pyridine rings is 1. The van der Waals surface area contributed by atoms with Gasteiger partial charge in [0.1, 0.15) is 17.0 Å². The molecule has 1 aromatic carbocycles. The maximum Gasteiger partial charge on any atom is 0.433 e. The summed E-state index contributed by atoms with van der Waals surface area (Å²) in [5, 5.41) is 8.80. The molecular weight excluding hydrogens is 485 g/mol. The molecular formula is C22H21F3N6O3S. The van der Waals surface area contributed by atoms with Crippen molar-refractivity contribution in [1.82, 2.24) is 20.3 Å². The molecule has 0 spiro atoms. The van der Waals surface area contributed by atoms with Gasteiger partial charge < -0.3 is 25.5 Å². The van der Waals surface area contributed by atoms with Crippen molar-refractivity contribution >= 4 is 33.3 Å². The summed E-state index contributed by atoms with van der Waals surface area (Å²) in [5.41, 5.74) is 5.03. The summed E-state index contributed by atoms with van der Waals surface area (Å²) in [6, 6.07) is 4.89. The lowest BCUT2D eigenvalue weighted by Gasteiger charge is -2.13. The van der Waals surface area contributed by atoms with E-state index in [1.807, 2.05) is 12.3 Å². The Balaban J connectivity index is 1.64. The molecule has 3 aromatic heterocycles. The van der Waals surface area contributed by atoms with Gasteiger partial charge in [0.05, 0.1) is 13.7 Å². The number of halogens is 3. The van der Waals surface area contributed by atoms with Crippen molar-refractivity contribution in [3.63, 3.8) is 0 Å². The van der Waals surface area contributed by atoms with E-state index in [1.165, 1.54) is 30.6 Å². The molecule has 0 radical (unpaired) electrons. The Morgan fingerprint density at radius 3 is 2.71 bits per heavy atom. The number of nitrogens with zero attached hydrogens (tertiary/aromatic N) is 3. The first kappa shape index (κ1) is 24.4. The highest BCUT2D eigenvalue weighted by Gasteiger charge is 2.33. The van der Waals surface area contributed by atoms with Crippen molar-refractivity contribution in [3.05, 3.63) is 53.0 Å². The first-order valence-electron chi connectivity index (χ1n) is 10.4. The number of aromatic nitrogens is 3. The van der Waals surface area contributed by atoms with Crippen LogP contribution in [0.2, 0.25) is 0 Å². The van der Waals surface area contributed by atoms with Crippen LogP contribution in [0.4, 0.5) is 18.3 Å². The van der Waals surface area contributed by atoms with Gasteiger partial charge in [-0.3, -0.25) is 4.79 Å². The highest BCUT2D eigenvalue weighted by molar-refractivity contribution is 7.13. The van der Waals surface area contributed by atoms with Crippen LogP contribution >= 0.6 is 11.3 Å². The number of nitrogens with one attached hydrogen (secondary N) is 2. The van der Waals surface area contributed by atoms with Crippen LogP contribution in [0.5, 0.6) is 5.75 Å². The Bertz CT molecular complexity index is 1340. The SMILES string of the molecule is COc1ccc(-c2nc(C(=O)N[C@@H](C)CNc3nccs3)c(CN)o2)c2ccc(C(F)(F)F)nc12. The number of amides is 1. The van der Waals surface area contributed by atoms with E-state index in [-0.39, 0.29) is 41.2 Å². The number of nitrogens with two attached hydrogens (primary N) is 1. The zero-order valence-corrected chi connectivity index (χ0v) is 19.5. The Morgan fingerprint density at radius 1 is 1.26 bits per heavy atom. The molecule has 1 atom stereocenters. The largest absolute Gasteiger partial charge is 0.494 e. The molecule has 1 amide bonds. The summed E-state index contributed by atoms with van der Waals surface area (Å²) >= 11 is 1.44. The van der Waals surface area contributed by atoms with Gasteiger partial charge in [-0.15, -0.1) is 11.3 Å². The van der Waals surface area contributed by atoms with Crippen LogP contribution in [0, 0.1) is 0 Å². The van der Waals surface area contributed by atoms with Gasteiger partial charge in [-0.25, -0.2) is 15.0 Å². The molecule has 13 heteroatoms. The summed E-state index contributed by atoms with van der Waals surface area (Å²) < 4.78 is 50.5. The number of ether oxygens (including phenoxy) is 1. The quantitative estimate of drug-likeness (QED) is 0.326. The summed E-state index contributed by atoms with van der Waals surface area (Å²) in [4.78, 5) is 25.0. The summed E-state index contributed by atoms with van der Waals surface area (Å²) in [6.07, 6.45) is -2.95. The van der Waals surface area contributed by atoms with Crippen molar-refractivity contribution in [2.75, 3.05) is 19.0 Å². The second kappa shape index (κ2) is 9.88. The Hall–Kier alpha value is -3.71. The van der Waals surface area contributed by atoms with Crippen LogP contribution < -0.4 is 21.1 Å². The van der Waals surface area contributed by atoms with E-state index < -0.39 is 17.8 Å². The number of rotatable bonds is 8. The number of fused-ring (bicyclic) bond motifs is 1. The normalized spacial score (nSPS) is 12.5. The van der Waals surface area contributed by atoms with E-state index in [4.69, 9.17) is 14.9 Å². The molecule has 0 saturated heterocycles. The van der Waals surface area contributed by atoms with Gasteiger partial charge in [0.2, 0.25) is 5.89 Å². The Labute approximate surface area is 201 Å². The number of carbonyl (C=O) groups is 1. The van der Waals surface area contributed by atoms with Gasteiger partial charge in [0.15, 0.2) is 16.6 Å². The fourth-order valence-electron chi connectivity index (χ4n) is 3.38. The van der Waals surface area contributed by atoms with Gasteiger partial charge in [-0.1, -0.05) is 0 Å². The number of alkyl halides is 3. The van der Waals surface area contributed by atoms with Crippen LogP contribution in [-0.4, -0.2) is 40.6 Å². The molecule has 0 aliphatic carbocycles. The number of methoxy groups -OCH3 is 1. The van der Waals surface area contributed by atoms with Gasteiger partial charge in [0.25, 0.3) is 5.91 Å². The molecule has 4 N–H and O–H groups in total. The second-order valence-electron chi connectivity index (χ2n) is 7.49. The summed E-state index contributed by atoms with van der Waals surface area (Å²) in [7, 11) is 1.33. The molecule has 0 unspecified atom stereocenters. The molecule has 9 nitrogen and oxygen atoms in total. The fourth-order valence-corrected chi connectivity index (χ4v) is 3.92. The smallest absolute Gasteiger partial charge is 0.433 e. The van der Waals surface area contributed by atoms with E-state index in [0.717, 1.165) is 11.2 Å². The fraction of sp³-hybridized carbons (Fsp3) is 0.273. The zero-order chi connectivity index (χ0) is 25.2. The number of oxazole rings is 1. The maximum atomic E-state index is 13.2. The van der Waals surface area contributed by atoms with Gasteiger partial charge in [-0.2, -0.15) is 13.2 Å². The molecule has 0 fully saturated rings. The molecule has 4 rings (SSSR count). The lowest BCUT2D eigenvalue weighted by atomic mass is 10.1. The third kappa shape index (κ3) is 5.20. The number of carbonyl (C=O) groups excluding carboxylic acids is 1. The molecule has 35 heavy (non-hydrogen) atoms. The minimum Gasteiger partial charge on any atom is -0.494 e. The van der Waals surface area contributed by atoms with E-state index in [0.29, 0.717) is 17.5 Å². The Morgan fingerprint density at radius 2 is 2.06 bits per heavy atom. The van der Waals surface area contributed by atoms with E-state index >= 15 is 0 Å². The average Bonchev–Trinajstić information content (AvgIpc) is 3.51. The van der Waals surface area contributed by atoms with Crippen molar-refractivity contribution in [2.45, 2.75) is 25.7 Å².